The third kappa shape index (κ3) is 11.3. The predicted octanol–water partition coefficient (Wildman–Crippen LogP) is 1.24. The summed E-state index contributed by atoms with van der Waals surface area (Å²) in [6.07, 6.45) is 1.07. The van der Waals surface area contributed by atoms with Gasteiger partial charge in [-0.05, 0) is 40.4 Å². The zero-order valence-corrected chi connectivity index (χ0v) is 16.2. The third-order valence-corrected chi connectivity index (χ3v) is 3.97. The Kier molecular flexibility index (Phi) is 14.2. The van der Waals surface area contributed by atoms with Crippen molar-refractivity contribution >= 4 is 5.96 Å². The Bertz CT molecular complexity index is 295. The Morgan fingerprint density at radius 2 is 1.83 bits per heavy atom. The standard InChI is InChI=1S/C17H39N5O/c1-7-18-17(20-15-16(4)22(8-2)9-3)19-11-13-21(5)12-10-14-23-6/h16H,7-15H2,1-6H3,(H2,18,19,20). The van der Waals surface area contributed by atoms with Crippen molar-refractivity contribution in [2.75, 3.05) is 66.6 Å². The molecule has 0 aliphatic heterocycles. The fraction of sp³-hybridized carbons (Fsp3) is 0.941. The molecule has 0 spiro atoms. The Balaban J connectivity index is 4.16. The van der Waals surface area contributed by atoms with Crippen LogP contribution in [0.1, 0.15) is 34.1 Å². The lowest BCUT2D eigenvalue weighted by molar-refractivity contribution is 0.180. The Hall–Kier alpha value is -0.850. The van der Waals surface area contributed by atoms with Crippen LogP contribution in [0.5, 0.6) is 0 Å². The first-order valence-electron chi connectivity index (χ1n) is 9.02. The highest BCUT2D eigenvalue weighted by Gasteiger charge is 2.09. The third-order valence-electron chi connectivity index (χ3n) is 3.97. The molecule has 0 aromatic heterocycles. The minimum atomic E-state index is 0.470. The molecule has 0 heterocycles. The first-order chi connectivity index (χ1) is 11.1. The second-order valence-corrected chi connectivity index (χ2v) is 5.87. The smallest absolute Gasteiger partial charge is 0.191 e. The molecule has 0 aliphatic rings. The summed E-state index contributed by atoms with van der Waals surface area (Å²) in [7, 11) is 3.89. The highest BCUT2D eigenvalue weighted by atomic mass is 16.5. The molecule has 6 nitrogen and oxygen atoms in total. The minimum Gasteiger partial charge on any atom is -0.385 e. The van der Waals surface area contributed by atoms with Gasteiger partial charge in [-0.2, -0.15) is 0 Å². The fourth-order valence-corrected chi connectivity index (χ4v) is 2.48. The molecule has 0 aliphatic carbocycles. The van der Waals surface area contributed by atoms with Crippen LogP contribution in [0.4, 0.5) is 0 Å². The summed E-state index contributed by atoms with van der Waals surface area (Å²) >= 11 is 0. The molecule has 0 radical (unpaired) electrons. The molecule has 0 rings (SSSR count). The van der Waals surface area contributed by atoms with E-state index < -0.39 is 0 Å². The lowest BCUT2D eigenvalue weighted by Gasteiger charge is -2.25. The second kappa shape index (κ2) is 14.7. The van der Waals surface area contributed by atoms with Crippen LogP contribution < -0.4 is 10.6 Å². The number of hydrogen-bond donors (Lipinski definition) is 2. The van der Waals surface area contributed by atoms with Crippen LogP contribution in [0.2, 0.25) is 0 Å². The summed E-state index contributed by atoms with van der Waals surface area (Å²) in [5.74, 6) is 0.914. The van der Waals surface area contributed by atoms with Gasteiger partial charge in [-0.1, -0.05) is 13.8 Å². The number of guanidine groups is 1. The molecule has 1 unspecified atom stereocenters. The van der Waals surface area contributed by atoms with Gasteiger partial charge in [0.2, 0.25) is 0 Å². The average Bonchev–Trinajstić information content (AvgIpc) is 2.54. The number of ether oxygens (including phenoxy) is 1. The van der Waals surface area contributed by atoms with Crippen LogP contribution in [-0.4, -0.2) is 88.4 Å². The zero-order chi connectivity index (χ0) is 17.5. The van der Waals surface area contributed by atoms with Crippen molar-refractivity contribution in [1.82, 2.24) is 20.4 Å². The van der Waals surface area contributed by atoms with Gasteiger partial charge in [0.05, 0.1) is 6.54 Å². The van der Waals surface area contributed by atoms with E-state index in [1.165, 1.54) is 0 Å². The van der Waals surface area contributed by atoms with Crippen LogP contribution in [0.15, 0.2) is 4.99 Å². The molecule has 0 aromatic carbocycles. The quantitative estimate of drug-likeness (QED) is 0.302. The summed E-state index contributed by atoms with van der Waals surface area (Å²) in [6.45, 7) is 16.4. The molecule has 0 amide bonds. The van der Waals surface area contributed by atoms with Crippen molar-refractivity contribution in [3.05, 3.63) is 0 Å². The summed E-state index contributed by atoms with van der Waals surface area (Å²) in [6, 6.07) is 0.470. The van der Waals surface area contributed by atoms with E-state index in [2.05, 4.69) is 55.2 Å². The summed E-state index contributed by atoms with van der Waals surface area (Å²) in [4.78, 5) is 9.46. The van der Waals surface area contributed by atoms with E-state index in [9.17, 15) is 0 Å². The van der Waals surface area contributed by atoms with E-state index in [0.29, 0.717) is 6.04 Å². The normalized spacial score (nSPS) is 13.7. The molecule has 0 saturated carbocycles. The van der Waals surface area contributed by atoms with Crippen LogP contribution in [0.25, 0.3) is 0 Å². The molecule has 0 saturated heterocycles. The van der Waals surface area contributed by atoms with Crippen molar-refractivity contribution in [1.29, 1.82) is 0 Å². The number of likely N-dealkylation sites (N-methyl/N-ethyl adjacent to an activating group) is 2. The van der Waals surface area contributed by atoms with E-state index >= 15 is 0 Å². The van der Waals surface area contributed by atoms with Crippen LogP contribution in [0, 0.1) is 0 Å². The van der Waals surface area contributed by atoms with Gasteiger partial charge in [0, 0.05) is 45.9 Å². The van der Waals surface area contributed by atoms with Crippen molar-refractivity contribution in [3.8, 4) is 0 Å². The molecular formula is C17H39N5O. The molecule has 1 atom stereocenters. The summed E-state index contributed by atoms with van der Waals surface area (Å²) < 4.78 is 5.08. The van der Waals surface area contributed by atoms with Gasteiger partial charge >= 0.3 is 0 Å². The number of methoxy groups -OCH3 is 1. The second-order valence-electron chi connectivity index (χ2n) is 5.87. The monoisotopic (exact) mass is 329 g/mol. The Morgan fingerprint density at radius 1 is 1.13 bits per heavy atom. The maximum absolute atomic E-state index is 5.08. The van der Waals surface area contributed by atoms with Gasteiger partial charge < -0.3 is 20.3 Å². The van der Waals surface area contributed by atoms with E-state index in [-0.39, 0.29) is 0 Å². The van der Waals surface area contributed by atoms with Gasteiger partial charge in [0.15, 0.2) is 5.96 Å². The lowest BCUT2D eigenvalue weighted by atomic mass is 10.3. The maximum Gasteiger partial charge on any atom is 0.191 e. The van der Waals surface area contributed by atoms with Gasteiger partial charge in [-0.3, -0.25) is 9.89 Å². The highest BCUT2D eigenvalue weighted by Crippen LogP contribution is 1.98. The molecule has 0 fully saturated rings. The zero-order valence-electron chi connectivity index (χ0n) is 16.2. The lowest BCUT2D eigenvalue weighted by Crippen LogP contribution is -2.42. The van der Waals surface area contributed by atoms with Crippen molar-refractivity contribution < 1.29 is 4.74 Å². The van der Waals surface area contributed by atoms with Crippen molar-refractivity contribution in [2.45, 2.75) is 40.2 Å². The van der Waals surface area contributed by atoms with E-state index in [4.69, 9.17) is 9.73 Å². The van der Waals surface area contributed by atoms with Gasteiger partial charge in [0.25, 0.3) is 0 Å². The SMILES string of the molecule is CCNC(=NCC(C)N(CC)CC)NCCN(C)CCCOC. The number of nitrogens with one attached hydrogen (secondary N) is 2. The molecule has 0 aromatic rings. The van der Waals surface area contributed by atoms with Crippen molar-refractivity contribution in [2.24, 2.45) is 4.99 Å². The Labute approximate surface area is 143 Å². The van der Waals surface area contributed by atoms with Crippen LogP contribution in [-0.2, 0) is 4.74 Å². The first-order valence-corrected chi connectivity index (χ1v) is 9.02. The van der Waals surface area contributed by atoms with Gasteiger partial charge in [-0.15, -0.1) is 0 Å². The van der Waals surface area contributed by atoms with Crippen LogP contribution >= 0.6 is 0 Å². The minimum absolute atomic E-state index is 0.470. The topological polar surface area (TPSA) is 52.1 Å². The number of hydrogen-bond acceptors (Lipinski definition) is 4. The fourth-order valence-electron chi connectivity index (χ4n) is 2.48. The maximum atomic E-state index is 5.08. The molecule has 138 valence electrons. The van der Waals surface area contributed by atoms with E-state index in [1.54, 1.807) is 7.11 Å². The highest BCUT2D eigenvalue weighted by molar-refractivity contribution is 5.79. The molecule has 23 heavy (non-hydrogen) atoms. The summed E-state index contributed by atoms with van der Waals surface area (Å²) in [5.41, 5.74) is 0. The van der Waals surface area contributed by atoms with E-state index in [0.717, 1.165) is 64.8 Å². The molecular weight excluding hydrogens is 290 g/mol. The van der Waals surface area contributed by atoms with Crippen LogP contribution in [0.3, 0.4) is 0 Å². The molecule has 2 N–H and O–H groups in total. The molecule has 0 bridgehead atoms. The number of aliphatic imine (C=N–C) groups is 1. The average molecular weight is 330 g/mol. The molecule has 6 heteroatoms. The predicted molar refractivity (Wildman–Crippen MR) is 100 cm³/mol. The number of nitrogens with zero attached hydrogens (tertiary/aromatic N) is 3. The largest absolute Gasteiger partial charge is 0.385 e. The number of rotatable bonds is 13. The van der Waals surface area contributed by atoms with Gasteiger partial charge in [-0.25, -0.2) is 0 Å². The summed E-state index contributed by atoms with van der Waals surface area (Å²) in [5, 5.41) is 6.74. The van der Waals surface area contributed by atoms with Gasteiger partial charge in [0.1, 0.15) is 0 Å². The Morgan fingerprint density at radius 3 is 2.39 bits per heavy atom. The van der Waals surface area contributed by atoms with E-state index in [1.807, 2.05) is 0 Å². The first kappa shape index (κ1) is 22.1. The van der Waals surface area contributed by atoms with Crippen molar-refractivity contribution in [3.63, 3.8) is 0 Å².